The van der Waals surface area contributed by atoms with E-state index in [0.717, 1.165) is 5.56 Å². The zero-order valence-electron chi connectivity index (χ0n) is 10.7. The molecule has 0 aliphatic carbocycles. The number of carbonyl (C=O) groups is 1. The highest BCUT2D eigenvalue weighted by Crippen LogP contribution is 2.12. The minimum absolute atomic E-state index is 0.202. The molecule has 0 bridgehead atoms. The number of methoxy groups -OCH3 is 1. The van der Waals surface area contributed by atoms with Crippen LogP contribution in [0.15, 0.2) is 24.3 Å². The van der Waals surface area contributed by atoms with Gasteiger partial charge in [-0.2, -0.15) is 0 Å². The largest absolute Gasteiger partial charge is 0.385 e. The SMILES string of the molecule is COCCC(N)C(=O)N[C@H](C)c1ccc(F)cc1. The summed E-state index contributed by atoms with van der Waals surface area (Å²) < 4.78 is 17.6. The molecule has 0 saturated heterocycles. The number of nitrogens with one attached hydrogen (secondary N) is 1. The van der Waals surface area contributed by atoms with E-state index < -0.39 is 6.04 Å². The van der Waals surface area contributed by atoms with E-state index in [2.05, 4.69) is 5.32 Å². The molecule has 1 aromatic carbocycles. The number of hydrogen-bond donors (Lipinski definition) is 2. The standard InChI is InChI=1S/C13H19FN2O2/c1-9(10-3-5-11(14)6-4-10)16-13(17)12(15)7-8-18-2/h3-6,9,12H,7-8,15H2,1-2H3,(H,16,17)/t9-,12?/m1/s1. The summed E-state index contributed by atoms with van der Waals surface area (Å²) in [6, 6.07) is 5.22. The van der Waals surface area contributed by atoms with Gasteiger partial charge in [0.15, 0.2) is 0 Å². The fourth-order valence-corrected chi connectivity index (χ4v) is 1.53. The summed E-state index contributed by atoms with van der Waals surface area (Å²) in [6.07, 6.45) is 0.471. The Balaban J connectivity index is 2.51. The molecule has 0 aromatic heterocycles. The average Bonchev–Trinajstić information content (AvgIpc) is 2.36. The highest BCUT2D eigenvalue weighted by atomic mass is 19.1. The Labute approximate surface area is 106 Å². The lowest BCUT2D eigenvalue weighted by Gasteiger charge is -2.17. The van der Waals surface area contributed by atoms with Crippen molar-refractivity contribution in [3.05, 3.63) is 35.6 Å². The van der Waals surface area contributed by atoms with Crippen molar-refractivity contribution in [3.8, 4) is 0 Å². The van der Waals surface area contributed by atoms with Crippen LogP contribution in [0.25, 0.3) is 0 Å². The molecule has 18 heavy (non-hydrogen) atoms. The second kappa shape index (κ2) is 7.08. The monoisotopic (exact) mass is 254 g/mol. The third-order valence-corrected chi connectivity index (χ3v) is 2.70. The van der Waals surface area contributed by atoms with Gasteiger partial charge in [0, 0.05) is 13.7 Å². The van der Waals surface area contributed by atoms with Gasteiger partial charge in [0.2, 0.25) is 5.91 Å². The molecule has 1 rings (SSSR count). The Morgan fingerprint density at radius 2 is 2.06 bits per heavy atom. The van der Waals surface area contributed by atoms with Crippen molar-refractivity contribution >= 4 is 5.91 Å². The minimum Gasteiger partial charge on any atom is -0.385 e. The highest BCUT2D eigenvalue weighted by molar-refractivity contribution is 5.81. The molecule has 3 N–H and O–H groups in total. The van der Waals surface area contributed by atoms with Crippen LogP contribution in [0.4, 0.5) is 4.39 Å². The fourth-order valence-electron chi connectivity index (χ4n) is 1.53. The minimum atomic E-state index is -0.590. The Morgan fingerprint density at radius 1 is 1.44 bits per heavy atom. The molecule has 100 valence electrons. The molecule has 1 aromatic rings. The number of rotatable bonds is 6. The van der Waals surface area contributed by atoms with Gasteiger partial charge in [-0.1, -0.05) is 12.1 Å². The normalized spacial score (nSPS) is 14.0. The third kappa shape index (κ3) is 4.43. The van der Waals surface area contributed by atoms with Gasteiger partial charge in [0.1, 0.15) is 5.82 Å². The van der Waals surface area contributed by atoms with Crippen LogP contribution in [0.1, 0.15) is 24.9 Å². The van der Waals surface area contributed by atoms with Crippen LogP contribution in [0.2, 0.25) is 0 Å². The van der Waals surface area contributed by atoms with Gasteiger partial charge in [0.05, 0.1) is 12.1 Å². The maximum atomic E-state index is 12.8. The summed E-state index contributed by atoms with van der Waals surface area (Å²) in [5, 5.41) is 2.78. The van der Waals surface area contributed by atoms with E-state index in [1.54, 1.807) is 19.2 Å². The Kier molecular flexibility index (Phi) is 5.74. The highest BCUT2D eigenvalue weighted by Gasteiger charge is 2.16. The topological polar surface area (TPSA) is 64.3 Å². The first-order chi connectivity index (χ1) is 8.54. The molecule has 1 amide bonds. The molecular formula is C13H19FN2O2. The summed E-state index contributed by atoms with van der Waals surface area (Å²) in [5.41, 5.74) is 6.54. The number of ether oxygens (including phenoxy) is 1. The molecule has 0 spiro atoms. The number of halogens is 1. The second-order valence-corrected chi connectivity index (χ2v) is 4.17. The van der Waals surface area contributed by atoms with E-state index in [9.17, 15) is 9.18 Å². The van der Waals surface area contributed by atoms with Crippen LogP contribution in [0.3, 0.4) is 0 Å². The first kappa shape index (κ1) is 14.6. The average molecular weight is 254 g/mol. The number of carbonyl (C=O) groups excluding carboxylic acids is 1. The van der Waals surface area contributed by atoms with E-state index >= 15 is 0 Å². The van der Waals surface area contributed by atoms with E-state index in [-0.39, 0.29) is 17.8 Å². The molecule has 0 heterocycles. The van der Waals surface area contributed by atoms with Gasteiger partial charge >= 0.3 is 0 Å². The summed E-state index contributed by atoms with van der Waals surface area (Å²) >= 11 is 0. The summed E-state index contributed by atoms with van der Waals surface area (Å²) in [4.78, 5) is 11.7. The number of amides is 1. The number of hydrogen-bond acceptors (Lipinski definition) is 3. The van der Waals surface area contributed by atoms with E-state index in [4.69, 9.17) is 10.5 Å². The summed E-state index contributed by atoms with van der Waals surface area (Å²) in [5.74, 6) is -0.530. The molecule has 0 fully saturated rings. The van der Waals surface area contributed by atoms with Gasteiger partial charge in [0.25, 0.3) is 0 Å². The summed E-state index contributed by atoms with van der Waals surface area (Å²) in [7, 11) is 1.56. The zero-order chi connectivity index (χ0) is 13.5. The number of nitrogens with two attached hydrogens (primary N) is 1. The second-order valence-electron chi connectivity index (χ2n) is 4.17. The first-order valence-corrected chi connectivity index (χ1v) is 5.85. The predicted molar refractivity (Wildman–Crippen MR) is 67.4 cm³/mol. The van der Waals surface area contributed by atoms with Gasteiger partial charge in [-0.25, -0.2) is 4.39 Å². The van der Waals surface area contributed by atoms with Crippen molar-refractivity contribution in [1.29, 1.82) is 0 Å². The van der Waals surface area contributed by atoms with E-state index in [1.807, 2.05) is 6.92 Å². The van der Waals surface area contributed by atoms with Crippen molar-refractivity contribution in [2.45, 2.75) is 25.4 Å². The van der Waals surface area contributed by atoms with E-state index in [1.165, 1.54) is 12.1 Å². The van der Waals surface area contributed by atoms with Gasteiger partial charge < -0.3 is 15.8 Å². The molecule has 2 atom stereocenters. The zero-order valence-corrected chi connectivity index (χ0v) is 10.7. The lowest BCUT2D eigenvalue weighted by atomic mass is 10.1. The van der Waals surface area contributed by atoms with Crippen LogP contribution < -0.4 is 11.1 Å². The molecule has 5 heteroatoms. The maximum Gasteiger partial charge on any atom is 0.237 e. The van der Waals surface area contributed by atoms with Gasteiger partial charge in [-0.15, -0.1) is 0 Å². The van der Waals surface area contributed by atoms with Crippen LogP contribution in [-0.4, -0.2) is 25.7 Å². The lowest BCUT2D eigenvalue weighted by Crippen LogP contribution is -2.42. The van der Waals surface area contributed by atoms with Gasteiger partial charge in [-0.3, -0.25) is 4.79 Å². The molecule has 0 aliphatic heterocycles. The van der Waals surface area contributed by atoms with Crippen LogP contribution in [0, 0.1) is 5.82 Å². The molecule has 0 aliphatic rings. The third-order valence-electron chi connectivity index (χ3n) is 2.70. The van der Waals surface area contributed by atoms with Crippen molar-refractivity contribution < 1.29 is 13.9 Å². The molecular weight excluding hydrogens is 235 g/mol. The van der Waals surface area contributed by atoms with Crippen molar-refractivity contribution in [3.63, 3.8) is 0 Å². The van der Waals surface area contributed by atoms with Crippen molar-refractivity contribution in [2.24, 2.45) is 5.73 Å². The molecule has 1 unspecified atom stereocenters. The fraction of sp³-hybridized carbons (Fsp3) is 0.462. The van der Waals surface area contributed by atoms with E-state index in [0.29, 0.717) is 13.0 Å². The lowest BCUT2D eigenvalue weighted by molar-refractivity contribution is -0.123. The maximum absolute atomic E-state index is 12.8. The smallest absolute Gasteiger partial charge is 0.237 e. The Hall–Kier alpha value is -1.46. The predicted octanol–water partition coefficient (Wildman–Crippen LogP) is 1.37. The molecule has 0 saturated carbocycles. The molecule has 4 nitrogen and oxygen atoms in total. The quantitative estimate of drug-likeness (QED) is 0.805. The first-order valence-electron chi connectivity index (χ1n) is 5.85. The Morgan fingerprint density at radius 3 is 2.61 bits per heavy atom. The van der Waals surface area contributed by atoms with Crippen LogP contribution in [-0.2, 0) is 9.53 Å². The number of benzene rings is 1. The van der Waals surface area contributed by atoms with Crippen molar-refractivity contribution in [1.82, 2.24) is 5.32 Å². The van der Waals surface area contributed by atoms with Crippen LogP contribution >= 0.6 is 0 Å². The summed E-state index contributed by atoms with van der Waals surface area (Å²) in [6.45, 7) is 2.27. The molecule has 0 radical (unpaired) electrons. The van der Waals surface area contributed by atoms with Crippen molar-refractivity contribution in [2.75, 3.05) is 13.7 Å². The van der Waals surface area contributed by atoms with Crippen LogP contribution in [0.5, 0.6) is 0 Å². The Bertz CT molecular complexity index is 381. The van der Waals surface area contributed by atoms with Gasteiger partial charge in [-0.05, 0) is 31.0 Å².